The topological polar surface area (TPSA) is 84.3 Å². The number of rotatable bonds is 9. The highest BCUT2D eigenvalue weighted by Gasteiger charge is 2.21. The molecule has 4 aromatic rings. The van der Waals surface area contributed by atoms with Crippen molar-refractivity contribution in [2.45, 2.75) is 17.9 Å². The second-order valence-corrected chi connectivity index (χ2v) is 9.76. The number of aromatic nitrogens is 2. The van der Waals surface area contributed by atoms with Gasteiger partial charge in [0.05, 0.1) is 10.6 Å². The summed E-state index contributed by atoms with van der Waals surface area (Å²) in [5, 5.41) is 2.88. The zero-order valence-corrected chi connectivity index (χ0v) is 19.7. The SMILES string of the molecule is CN(c1ccccc1)S(=O)(=O)c1ccc(C(=O)NCCc2nccn2Cc2ccccc2)cc1. The summed E-state index contributed by atoms with van der Waals surface area (Å²) in [6.45, 7) is 1.14. The molecule has 1 heterocycles. The lowest BCUT2D eigenvalue weighted by Gasteiger charge is -2.19. The predicted octanol–water partition coefficient (Wildman–Crippen LogP) is 3.73. The Kier molecular flexibility index (Phi) is 7.08. The number of hydrogen-bond acceptors (Lipinski definition) is 4. The quantitative estimate of drug-likeness (QED) is 0.401. The number of benzene rings is 3. The zero-order valence-electron chi connectivity index (χ0n) is 18.8. The lowest BCUT2D eigenvalue weighted by molar-refractivity contribution is 0.0954. The first-order valence-corrected chi connectivity index (χ1v) is 12.4. The molecule has 0 bridgehead atoms. The molecule has 1 amide bonds. The predicted molar refractivity (Wildman–Crippen MR) is 132 cm³/mol. The molecular formula is C26H26N4O3S. The molecule has 1 aromatic heterocycles. The van der Waals surface area contributed by atoms with Crippen molar-refractivity contribution in [2.24, 2.45) is 0 Å². The molecule has 0 atom stereocenters. The molecule has 7 nitrogen and oxygen atoms in total. The normalized spacial score (nSPS) is 11.2. The summed E-state index contributed by atoms with van der Waals surface area (Å²) in [6.07, 6.45) is 4.27. The zero-order chi connectivity index (χ0) is 24.0. The van der Waals surface area contributed by atoms with Crippen LogP contribution in [0.3, 0.4) is 0 Å². The van der Waals surface area contributed by atoms with Crippen molar-refractivity contribution in [3.8, 4) is 0 Å². The summed E-state index contributed by atoms with van der Waals surface area (Å²) >= 11 is 0. The fraction of sp³-hybridized carbons (Fsp3) is 0.154. The van der Waals surface area contributed by atoms with E-state index in [1.807, 2.05) is 30.5 Å². The molecule has 0 saturated heterocycles. The van der Waals surface area contributed by atoms with Crippen molar-refractivity contribution in [3.63, 3.8) is 0 Å². The fourth-order valence-electron chi connectivity index (χ4n) is 3.60. The van der Waals surface area contributed by atoms with Crippen molar-refractivity contribution >= 4 is 21.6 Å². The van der Waals surface area contributed by atoms with Crippen LogP contribution in [0.15, 0.2) is 102 Å². The van der Waals surface area contributed by atoms with Gasteiger partial charge in [-0.05, 0) is 42.0 Å². The molecule has 0 saturated carbocycles. The number of carbonyl (C=O) groups is 1. The molecule has 0 aliphatic rings. The summed E-state index contributed by atoms with van der Waals surface area (Å²) in [5.41, 5.74) is 2.14. The number of para-hydroxylation sites is 1. The van der Waals surface area contributed by atoms with Crippen LogP contribution in [0, 0.1) is 0 Å². The highest BCUT2D eigenvalue weighted by atomic mass is 32.2. The van der Waals surface area contributed by atoms with Crippen molar-refractivity contribution in [1.29, 1.82) is 0 Å². The number of hydrogen-bond donors (Lipinski definition) is 1. The third-order valence-electron chi connectivity index (χ3n) is 5.53. The molecule has 0 fully saturated rings. The third kappa shape index (κ3) is 5.35. The minimum Gasteiger partial charge on any atom is -0.352 e. The van der Waals surface area contributed by atoms with Gasteiger partial charge >= 0.3 is 0 Å². The van der Waals surface area contributed by atoms with Gasteiger partial charge in [0.25, 0.3) is 15.9 Å². The standard InChI is InChI=1S/C26H26N4O3S/c1-29(23-10-6-3-7-11-23)34(32,33)24-14-12-22(13-15-24)26(31)28-17-16-25-27-18-19-30(25)20-21-8-4-2-5-9-21/h2-15,18-19H,16-17,20H2,1H3,(H,28,31). The minimum absolute atomic E-state index is 0.123. The van der Waals surface area contributed by atoms with E-state index in [-0.39, 0.29) is 10.8 Å². The summed E-state index contributed by atoms with van der Waals surface area (Å²) in [5.74, 6) is 0.621. The van der Waals surface area contributed by atoms with E-state index in [1.54, 1.807) is 30.5 Å². The molecule has 0 aliphatic heterocycles. The Hall–Kier alpha value is -3.91. The monoisotopic (exact) mass is 474 g/mol. The van der Waals surface area contributed by atoms with Gasteiger partial charge in [-0.3, -0.25) is 9.10 Å². The Bertz CT molecular complexity index is 1340. The smallest absolute Gasteiger partial charge is 0.264 e. The number of sulfonamides is 1. The molecule has 4 rings (SSSR count). The van der Waals surface area contributed by atoms with Gasteiger partial charge in [0.15, 0.2) is 0 Å². The van der Waals surface area contributed by atoms with E-state index in [4.69, 9.17) is 0 Å². The van der Waals surface area contributed by atoms with E-state index in [0.717, 1.165) is 12.4 Å². The molecule has 174 valence electrons. The first-order chi connectivity index (χ1) is 16.4. The van der Waals surface area contributed by atoms with Gasteiger partial charge in [-0.15, -0.1) is 0 Å². The van der Waals surface area contributed by atoms with Crippen molar-refractivity contribution in [1.82, 2.24) is 14.9 Å². The maximum atomic E-state index is 12.9. The first kappa shape index (κ1) is 23.3. The van der Waals surface area contributed by atoms with E-state index in [1.165, 1.54) is 41.2 Å². The molecule has 3 aromatic carbocycles. The number of anilines is 1. The van der Waals surface area contributed by atoms with Crippen molar-refractivity contribution < 1.29 is 13.2 Å². The maximum Gasteiger partial charge on any atom is 0.264 e. The van der Waals surface area contributed by atoms with Crippen LogP contribution in [0.5, 0.6) is 0 Å². The van der Waals surface area contributed by atoms with Crippen LogP contribution < -0.4 is 9.62 Å². The third-order valence-corrected chi connectivity index (χ3v) is 7.33. The maximum absolute atomic E-state index is 12.9. The Morgan fingerprint density at radius 3 is 2.26 bits per heavy atom. The Morgan fingerprint density at radius 1 is 0.941 bits per heavy atom. The Balaban J connectivity index is 1.35. The van der Waals surface area contributed by atoms with Crippen LogP contribution >= 0.6 is 0 Å². The van der Waals surface area contributed by atoms with E-state index < -0.39 is 10.0 Å². The number of nitrogens with one attached hydrogen (secondary N) is 1. The van der Waals surface area contributed by atoms with Gasteiger partial charge < -0.3 is 9.88 Å². The van der Waals surface area contributed by atoms with E-state index in [2.05, 4.69) is 27.0 Å². The van der Waals surface area contributed by atoms with Crippen LogP contribution in [0.1, 0.15) is 21.7 Å². The molecule has 0 radical (unpaired) electrons. The minimum atomic E-state index is -3.72. The van der Waals surface area contributed by atoms with Crippen LogP contribution in [-0.2, 0) is 23.0 Å². The molecule has 8 heteroatoms. The molecule has 0 spiro atoms. The lowest BCUT2D eigenvalue weighted by atomic mass is 10.2. The summed E-state index contributed by atoms with van der Waals surface area (Å²) in [4.78, 5) is 17.1. The fourth-order valence-corrected chi connectivity index (χ4v) is 4.79. The van der Waals surface area contributed by atoms with Crippen LogP contribution in [-0.4, -0.2) is 37.5 Å². The molecule has 0 unspecified atom stereocenters. The summed E-state index contributed by atoms with van der Waals surface area (Å²) < 4.78 is 29.1. The number of imidazole rings is 1. The highest BCUT2D eigenvalue weighted by molar-refractivity contribution is 7.92. The van der Waals surface area contributed by atoms with Crippen LogP contribution in [0.25, 0.3) is 0 Å². The van der Waals surface area contributed by atoms with Crippen LogP contribution in [0.2, 0.25) is 0 Å². The second kappa shape index (κ2) is 10.4. The van der Waals surface area contributed by atoms with Gasteiger partial charge in [-0.1, -0.05) is 48.5 Å². The van der Waals surface area contributed by atoms with Gasteiger partial charge in [0, 0.05) is 44.5 Å². The first-order valence-electron chi connectivity index (χ1n) is 10.9. The summed E-state index contributed by atoms with van der Waals surface area (Å²) in [6, 6.07) is 24.9. The van der Waals surface area contributed by atoms with Gasteiger partial charge in [-0.2, -0.15) is 0 Å². The van der Waals surface area contributed by atoms with Crippen molar-refractivity contribution in [2.75, 3.05) is 17.9 Å². The van der Waals surface area contributed by atoms with Gasteiger partial charge in [0.2, 0.25) is 0 Å². The highest BCUT2D eigenvalue weighted by Crippen LogP contribution is 2.21. The van der Waals surface area contributed by atoms with Gasteiger partial charge in [0.1, 0.15) is 5.82 Å². The Morgan fingerprint density at radius 2 is 1.59 bits per heavy atom. The van der Waals surface area contributed by atoms with Crippen LogP contribution in [0.4, 0.5) is 5.69 Å². The average molecular weight is 475 g/mol. The van der Waals surface area contributed by atoms with E-state index in [9.17, 15) is 13.2 Å². The summed E-state index contributed by atoms with van der Waals surface area (Å²) in [7, 11) is -2.21. The molecule has 34 heavy (non-hydrogen) atoms. The molecule has 1 N–H and O–H groups in total. The Labute approximate surface area is 199 Å². The van der Waals surface area contributed by atoms with Gasteiger partial charge in [-0.25, -0.2) is 13.4 Å². The number of nitrogens with zero attached hydrogens (tertiary/aromatic N) is 3. The lowest BCUT2D eigenvalue weighted by Crippen LogP contribution is -2.27. The average Bonchev–Trinajstić information content (AvgIpc) is 3.31. The number of amides is 1. The second-order valence-electron chi connectivity index (χ2n) is 7.80. The van der Waals surface area contributed by atoms with E-state index >= 15 is 0 Å². The van der Waals surface area contributed by atoms with E-state index in [0.29, 0.717) is 24.2 Å². The molecule has 0 aliphatic carbocycles. The number of carbonyl (C=O) groups excluding carboxylic acids is 1. The molecular weight excluding hydrogens is 448 g/mol. The largest absolute Gasteiger partial charge is 0.352 e. The van der Waals surface area contributed by atoms with Crippen molar-refractivity contribution in [3.05, 3.63) is 114 Å².